The van der Waals surface area contributed by atoms with Crippen molar-refractivity contribution in [1.82, 2.24) is 4.67 Å². The molecular formula is C19H34NO2P. The van der Waals surface area contributed by atoms with Crippen LogP contribution in [0.5, 0.6) is 0 Å². The first kappa shape index (κ1) is 20.4. The van der Waals surface area contributed by atoms with Crippen LogP contribution in [0.15, 0.2) is 30.3 Å². The van der Waals surface area contributed by atoms with Crippen molar-refractivity contribution in [2.45, 2.75) is 66.1 Å². The van der Waals surface area contributed by atoms with Crippen molar-refractivity contribution in [2.24, 2.45) is 5.41 Å². The minimum absolute atomic E-state index is 0.0255. The molecule has 0 aromatic heterocycles. The smallest absolute Gasteiger partial charge is 0.277 e. The average Bonchev–Trinajstić information content (AvgIpc) is 2.51. The lowest BCUT2D eigenvalue weighted by atomic mass is 9.92. The highest BCUT2D eigenvalue weighted by Gasteiger charge is 2.44. The minimum atomic E-state index is -2.99. The van der Waals surface area contributed by atoms with Gasteiger partial charge >= 0.3 is 0 Å². The highest BCUT2D eigenvalue weighted by molar-refractivity contribution is 7.58. The van der Waals surface area contributed by atoms with Gasteiger partial charge in [0.25, 0.3) is 7.52 Å². The summed E-state index contributed by atoms with van der Waals surface area (Å²) in [6, 6.07) is 10.2. The second kappa shape index (κ2) is 7.51. The van der Waals surface area contributed by atoms with E-state index in [4.69, 9.17) is 4.52 Å². The third-order valence-electron chi connectivity index (χ3n) is 4.69. The zero-order valence-electron chi connectivity index (χ0n) is 16.1. The van der Waals surface area contributed by atoms with Crippen molar-refractivity contribution >= 4 is 7.52 Å². The number of rotatable bonds is 7. The molecule has 1 aromatic carbocycles. The standard InChI is InChI=1S/C19H34NO2P/c1-9-19(6,7)15-22-23(21,18(3,4)5)20(8)16(2)17-13-11-10-12-14-17/h10-14,16H,9,15H2,1-8H3/t16-,23?/m1/s1. The summed E-state index contributed by atoms with van der Waals surface area (Å²) in [6.45, 7) is 15.0. The third-order valence-corrected chi connectivity index (χ3v) is 8.04. The Morgan fingerprint density at radius 3 is 2.09 bits per heavy atom. The molecule has 0 saturated carbocycles. The van der Waals surface area contributed by atoms with E-state index in [1.54, 1.807) is 0 Å². The van der Waals surface area contributed by atoms with E-state index in [0.717, 1.165) is 12.0 Å². The lowest BCUT2D eigenvalue weighted by Crippen LogP contribution is -2.33. The topological polar surface area (TPSA) is 29.5 Å². The zero-order valence-corrected chi connectivity index (χ0v) is 17.0. The molecule has 1 unspecified atom stereocenters. The third kappa shape index (κ3) is 4.92. The molecule has 1 aromatic rings. The Kier molecular flexibility index (Phi) is 6.66. The van der Waals surface area contributed by atoms with E-state index in [9.17, 15) is 4.57 Å². The van der Waals surface area contributed by atoms with Crippen LogP contribution in [-0.4, -0.2) is 23.5 Å². The molecule has 1 rings (SSSR count). The monoisotopic (exact) mass is 339 g/mol. The molecule has 4 heteroatoms. The molecule has 23 heavy (non-hydrogen) atoms. The van der Waals surface area contributed by atoms with Crippen LogP contribution in [0.1, 0.15) is 66.5 Å². The summed E-state index contributed by atoms with van der Waals surface area (Å²) in [6.07, 6.45) is 0.995. The Balaban J connectivity index is 3.08. The fourth-order valence-electron chi connectivity index (χ4n) is 2.30. The van der Waals surface area contributed by atoms with Crippen molar-refractivity contribution in [3.05, 3.63) is 35.9 Å². The quantitative estimate of drug-likeness (QED) is 0.560. The molecule has 0 heterocycles. The molecule has 0 radical (unpaired) electrons. The fraction of sp³-hybridized carbons (Fsp3) is 0.684. The second-order valence-corrected chi connectivity index (χ2v) is 11.4. The summed E-state index contributed by atoms with van der Waals surface area (Å²) < 4.78 is 21.9. The Labute approximate surface area is 142 Å². The number of hydrogen-bond donors (Lipinski definition) is 0. The number of nitrogens with zero attached hydrogens (tertiary/aromatic N) is 1. The largest absolute Gasteiger partial charge is 0.316 e. The first-order chi connectivity index (χ1) is 10.4. The van der Waals surface area contributed by atoms with E-state index in [-0.39, 0.29) is 11.5 Å². The van der Waals surface area contributed by atoms with Gasteiger partial charge in [0.05, 0.1) is 11.8 Å². The molecule has 0 aliphatic rings. The van der Waals surface area contributed by atoms with E-state index in [1.807, 2.05) is 50.7 Å². The molecule has 0 aliphatic heterocycles. The van der Waals surface area contributed by atoms with Gasteiger partial charge in [0.2, 0.25) is 0 Å². The molecule has 0 bridgehead atoms. The van der Waals surface area contributed by atoms with E-state index >= 15 is 0 Å². The van der Waals surface area contributed by atoms with Gasteiger partial charge < -0.3 is 4.52 Å². The summed E-state index contributed by atoms with van der Waals surface area (Å²) in [7, 11) is -1.07. The van der Waals surface area contributed by atoms with Crippen LogP contribution in [0.25, 0.3) is 0 Å². The van der Waals surface area contributed by atoms with Gasteiger partial charge in [-0.2, -0.15) is 0 Å². The Morgan fingerprint density at radius 1 is 1.13 bits per heavy atom. The summed E-state index contributed by atoms with van der Waals surface area (Å²) in [5.41, 5.74) is 1.18. The van der Waals surface area contributed by atoms with Crippen LogP contribution in [0.4, 0.5) is 0 Å². The molecule has 132 valence electrons. The Hall–Kier alpha value is -0.630. The first-order valence-electron chi connectivity index (χ1n) is 8.47. The molecule has 0 amide bonds. The van der Waals surface area contributed by atoms with E-state index < -0.39 is 12.7 Å². The molecule has 2 atom stereocenters. The summed E-state index contributed by atoms with van der Waals surface area (Å²) in [5.74, 6) is 0. The maximum atomic E-state index is 13.8. The molecule has 0 saturated heterocycles. The zero-order chi connectivity index (χ0) is 17.9. The molecular weight excluding hydrogens is 305 g/mol. The molecule has 0 N–H and O–H groups in total. The SMILES string of the molecule is CCC(C)(C)COP(=O)(N(C)[C@H](C)c1ccccc1)C(C)(C)C. The molecule has 0 spiro atoms. The molecule has 0 aliphatic carbocycles. The van der Waals surface area contributed by atoms with Gasteiger partial charge in [0.1, 0.15) is 0 Å². The Bertz CT molecular complexity index is 534. The minimum Gasteiger partial charge on any atom is -0.316 e. The summed E-state index contributed by atoms with van der Waals surface area (Å²) in [4.78, 5) is 0. The van der Waals surface area contributed by atoms with Crippen molar-refractivity contribution in [2.75, 3.05) is 13.7 Å². The van der Waals surface area contributed by atoms with Crippen LogP contribution in [0.2, 0.25) is 0 Å². The highest BCUT2D eigenvalue weighted by atomic mass is 31.2. The van der Waals surface area contributed by atoms with Crippen LogP contribution in [0, 0.1) is 5.41 Å². The van der Waals surface area contributed by atoms with Gasteiger partial charge in [-0.3, -0.25) is 4.57 Å². The maximum absolute atomic E-state index is 13.8. The normalized spacial score (nSPS) is 17.1. The first-order valence-corrected chi connectivity index (χ1v) is 10.1. The van der Waals surface area contributed by atoms with Crippen molar-refractivity contribution < 1.29 is 9.09 Å². The predicted molar refractivity (Wildman–Crippen MR) is 100 cm³/mol. The van der Waals surface area contributed by atoms with Crippen LogP contribution < -0.4 is 0 Å². The van der Waals surface area contributed by atoms with Crippen LogP contribution in [0.3, 0.4) is 0 Å². The van der Waals surface area contributed by atoms with Gasteiger partial charge in [0.15, 0.2) is 0 Å². The second-order valence-electron chi connectivity index (χ2n) is 8.14. The van der Waals surface area contributed by atoms with Gasteiger partial charge in [-0.15, -0.1) is 0 Å². The van der Waals surface area contributed by atoms with E-state index in [0.29, 0.717) is 6.61 Å². The summed E-state index contributed by atoms with van der Waals surface area (Å²) in [5, 5.41) is -0.436. The molecule has 0 fully saturated rings. The van der Waals surface area contributed by atoms with Crippen molar-refractivity contribution in [3.63, 3.8) is 0 Å². The van der Waals surface area contributed by atoms with Gasteiger partial charge in [-0.05, 0) is 52.1 Å². The van der Waals surface area contributed by atoms with Gasteiger partial charge in [-0.1, -0.05) is 51.1 Å². The van der Waals surface area contributed by atoms with Crippen LogP contribution >= 0.6 is 7.52 Å². The fourth-order valence-corrected chi connectivity index (χ4v) is 4.93. The maximum Gasteiger partial charge on any atom is 0.277 e. The lowest BCUT2D eigenvalue weighted by molar-refractivity contribution is 0.150. The summed E-state index contributed by atoms with van der Waals surface area (Å²) >= 11 is 0. The molecule has 3 nitrogen and oxygen atoms in total. The van der Waals surface area contributed by atoms with Gasteiger partial charge in [0, 0.05) is 6.04 Å². The van der Waals surface area contributed by atoms with Crippen LogP contribution in [-0.2, 0) is 9.09 Å². The predicted octanol–water partition coefficient (Wildman–Crippen LogP) is 6.12. The van der Waals surface area contributed by atoms with Crippen molar-refractivity contribution in [3.8, 4) is 0 Å². The number of benzene rings is 1. The highest BCUT2D eigenvalue weighted by Crippen LogP contribution is 2.63. The van der Waals surface area contributed by atoms with Crippen molar-refractivity contribution in [1.29, 1.82) is 0 Å². The van der Waals surface area contributed by atoms with Gasteiger partial charge in [-0.25, -0.2) is 4.67 Å². The lowest BCUT2D eigenvalue weighted by Gasteiger charge is -2.41. The number of hydrogen-bond acceptors (Lipinski definition) is 2. The Morgan fingerprint density at radius 2 is 1.65 bits per heavy atom. The van der Waals surface area contributed by atoms with E-state index in [1.165, 1.54) is 0 Å². The average molecular weight is 339 g/mol. The van der Waals surface area contributed by atoms with E-state index in [2.05, 4.69) is 39.8 Å².